The molecule has 14 heteroatoms. The molecule has 0 spiro atoms. The Kier molecular flexibility index (Phi) is 12.2. The third-order valence-electron chi connectivity index (χ3n) is 0. The SMILES string of the molecule is O=[Se](=O)(O)O.O=[Se](=O)(O)O.O=[Se](O)O. The van der Waals surface area contributed by atoms with Crippen molar-refractivity contribution in [3.63, 3.8) is 0 Å². The standard InChI is InChI=1S/2H2O4Se.H2O3Se/c2*1-5(2,3)4;1-4(2)3/h2*(H2,1,2,3,4);(H2,1,2,3). The topological polar surface area (TPSA) is 207 Å². The second-order valence-corrected chi connectivity index (χ2v) is 5.85. The Hall–Kier alpha value is 0.318. The maximum absolute atomic E-state index is 8.82. The van der Waals surface area contributed by atoms with Crippen molar-refractivity contribution in [2.24, 2.45) is 0 Å². The molecule has 0 aliphatic rings. The van der Waals surface area contributed by atoms with Crippen LogP contribution in [0.1, 0.15) is 0 Å². The summed E-state index contributed by atoms with van der Waals surface area (Å²) in [5.74, 6) is 0. The Bertz CT molecular complexity index is 277. The van der Waals surface area contributed by atoms with E-state index in [1.807, 2.05) is 0 Å². The molecule has 0 aromatic heterocycles. The van der Waals surface area contributed by atoms with Crippen LogP contribution >= 0.6 is 0 Å². The molecule has 0 rings (SSSR count). The molecule has 0 aromatic rings. The molecule has 0 aliphatic carbocycles. The Morgan fingerprint density at radius 1 is 0.714 bits per heavy atom. The van der Waals surface area contributed by atoms with Gasteiger partial charge in [0.15, 0.2) is 0 Å². The zero-order chi connectivity index (χ0) is 12.6. The van der Waals surface area contributed by atoms with E-state index in [4.69, 9.17) is 44.3 Å². The molecule has 6 N–H and O–H groups in total. The van der Waals surface area contributed by atoms with Gasteiger partial charge in [0.1, 0.15) is 0 Å². The predicted molar refractivity (Wildman–Crippen MR) is 34.0 cm³/mol. The zero-order valence-electron chi connectivity index (χ0n) is 5.95. The van der Waals surface area contributed by atoms with Gasteiger partial charge in [-0.05, 0) is 0 Å². The third kappa shape index (κ3) is 15600. The summed E-state index contributed by atoms with van der Waals surface area (Å²) in [4.78, 5) is 0. The molecule has 90 valence electrons. The normalized spacial score (nSPS) is 10.8. The maximum atomic E-state index is 8.82. The second-order valence-electron chi connectivity index (χ2n) is 1.13. The van der Waals surface area contributed by atoms with Gasteiger partial charge in [-0.2, -0.15) is 0 Å². The van der Waals surface area contributed by atoms with E-state index in [1.54, 1.807) is 0 Å². The summed E-state index contributed by atoms with van der Waals surface area (Å²) in [5, 5.41) is 0. The molecule has 0 radical (unpaired) electrons. The van der Waals surface area contributed by atoms with Crippen molar-refractivity contribution < 1.29 is 44.3 Å². The fourth-order valence-electron chi connectivity index (χ4n) is 0. The van der Waals surface area contributed by atoms with Crippen LogP contribution in [0.5, 0.6) is 0 Å². The van der Waals surface area contributed by atoms with E-state index in [0.29, 0.717) is 0 Å². The van der Waals surface area contributed by atoms with Crippen LogP contribution in [-0.2, 0) is 19.2 Å². The van der Waals surface area contributed by atoms with E-state index < -0.39 is 41.2 Å². The van der Waals surface area contributed by atoms with Crippen molar-refractivity contribution in [1.29, 1.82) is 0 Å². The minimum atomic E-state index is -5.25. The van der Waals surface area contributed by atoms with Gasteiger partial charge in [-0.15, -0.1) is 0 Å². The van der Waals surface area contributed by atoms with Crippen LogP contribution < -0.4 is 0 Å². The molecule has 0 atom stereocenters. The van der Waals surface area contributed by atoms with Gasteiger partial charge in [0.25, 0.3) is 0 Å². The van der Waals surface area contributed by atoms with E-state index in [1.165, 1.54) is 0 Å². The molecule has 0 aromatic carbocycles. The monoisotopic (exact) mass is 422 g/mol. The fraction of sp³-hybridized carbons (Fsp3) is 0. The fourth-order valence-corrected chi connectivity index (χ4v) is 0. The molecule has 14 heavy (non-hydrogen) atoms. The van der Waals surface area contributed by atoms with E-state index in [0.717, 1.165) is 0 Å². The average Bonchev–Trinajstić information content (AvgIpc) is 1.45. The van der Waals surface area contributed by atoms with Gasteiger partial charge in [0.05, 0.1) is 0 Å². The third-order valence-corrected chi connectivity index (χ3v) is 0. The summed E-state index contributed by atoms with van der Waals surface area (Å²) in [7, 11) is 0. The first-order valence-corrected chi connectivity index (χ1v) is 10.0. The van der Waals surface area contributed by atoms with Crippen molar-refractivity contribution in [3.05, 3.63) is 0 Å². The molecule has 0 saturated carbocycles. The molecule has 0 saturated heterocycles. The first-order chi connectivity index (χ1) is 5.73. The molecule has 0 unspecified atom stereocenters. The van der Waals surface area contributed by atoms with Crippen LogP contribution in [0.3, 0.4) is 0 Å². The minimum absolute atomic E-state index is 3.29. The summed E-state index contributed by atoms with van der Waals surface area (Å²) in [6.45, 7) is 0. The van der Waals surface area contributed by atoms with Gasteiger partial charge in [-0.25, -0.2) is 0 Å². The van der Waals surface area contributed by atoms with Crippen LogP contribution in [0.2, 0.25) is 0 Å². The van der Waals surface area contributed by atoms with Crippen molar-refractivity contribution in [3.8, 4) is 0 Å². The zero-order valence-corrected chi connectivity index (χ0v) is 11.1. The number of hydrogen-bond acceptors (Lipinski definition) is 5. The first-order valence-electron chi connectivity index (χ1n) is 1.93. The van der Waals surface area contributed by atoms with E-state index in [-0.39, 0.29) is 0 Å². The molecule has 0 amide bonds. The molecule has 0 fully saturated rings. The van der Waals surface area contributed by atoms with Crippen molar-refractivity contribution >= 4 is 41.2 Å². The van der Waals surface area contributed by atoms with Gasteiger partial charge < -0.3 is 0 Å². The van der Waals surface area contributed by atoms with Crippen molar-refractivity contribution in [1.82, 2.24) is 0 Å². The van der Waals surface area contributed by atoms with E-state index in [2.05, 4.69) is 0 Å². The molecule has 0 heterocycles. The Balaban J connectivity index is -0.000000131. The predicted octanol–water partition coefficient (Wildman–Crippen LogP) is -5.08. The van der Waals surface area contributed by atoms with Crippen molar-refractivity contribution in [2.45, 2.75) is 0 Å². The quantitative estimate of drug-likeness (QED) is 0.205. The number of hydrogen-bond donors (Lipinski definition) is 6. The van der Waals surface area contributed by atoms with Crippen molar-refractivity contribution in [2.75, 3.05) is 0 Å². The van der Waals surface area contributed by atoms with Gasteiger partial charge in [-0.1, -0.05) is 0 Å². The average molecular weight is 419 g/mol. The van der Waals surface area contributed by atoms with Gasteiger partial charge in [0.2, 0.25) is 0 Å². The number of rotatable bonds is 0. The first kappa shape index (κ1) is 19.8. The van der Waals surface area contributed by atoms with Crippen LogP contribution in [-0.4, -0.2) is 66.4 Å². The van der Waals surface area contributed by atoms with Gasteiger partial charge in [0, 0.05) is 0 Å². The summed E-state index contributed by atoms with van der Waals surface area (Å²) in [6, 6.07) is 0. The molecule has 11 nitrogen and oxygen atoms in total. The molecule has 0 bridgehead atoms. The van der Waals surface area contributed by atoms with E-state index in [9.17, 15) is 0 Å². The summed E-state index contributed by atoms with van der Waals surface area (Å²) >= 11 is -13.8. The van der Waals surface area contributed by atoms with Crippen LogP contribution in [0.15, 0.2) is 0 Å². The summed E-state index contributed by atoms with van der Waals surface area (Å²) < 4.78 is 86.9. The van der Waals surface area contributed by atoms with Gasteiger partial charge >= 0.3 is 85.5 Å². The van der Waals surface area contributed by atoms with Gasteiger partial charge in [-0.3, -0.25) is 0 Å². The second kappa shape index (κ2) is 8.61. The molecule has 0 aliphatic heterocycles. The summed E-state index contributed by atoms with van der Waals surface area (Å²) in [5.41, 5.74) is 0. The van der Waals surface area contributed by atoms with Crippen LogP contribution in [0, 0.1) is 0 Å². The Labute approximate surface area is 85.5 Å². The summed E-state index contributed by atoms with van der Waals surface area (Å²) in [6.07, 6.45) is 0. The Morgan fingerprint density at radius 2 is 0.714 bits per heavy atom. The Morgan fingerprint density at radius 3 is 0.714 bits per heavy atom. The van der Waals surface area contributed by atoms with Crippen LogP contribution in [0.4, 0.5) is 0 Å². The molecular weight excluding hydrogens is 413 g/mol. The molecular formula is H6O11Se3. The van der Waals surface area contributed by atoms with E-state index >= 15 is 0 Å². The van der Waals surface area contributed by atoms with Crippen LogP contribution in [0.25, 0.3) is 0 Å².